The average Bonchev–Trinajstić information content (AvgIpc) is 3.18. The lowest BCUT2D eigenvalue weighted by molar-refractivity contribution is 0.282. The van der Waals surface area contributed by atoms with E-state index >= 15 is 0 Å². The molecule has 0 heterocycles. The first-order chi connectivity index (χ1) is 26.9. The maximum Gasteiger partial charge on any atom is 0.0431 e. The van der Waals surface area contributed by atoms with Crippen LogP contribution in [0, 0.1) is 0 Å². The fourth-order valence-corrected chi connectivity index (χ4v) is 8.71. The van der Waals surface area contributed by atoms with E-state index in [0.717, 1.165) is 12.8 Å². The summed E-state index contributed by atoms with van der Waals surface area (Å²) in [5.74, 6) is 0. The van der Waals surface area contributed by atoms with Crippen molar-refractivity contribution >= 4 is 0 Å². The minimum atomic E-state index is 0.373. The molecule has 2 N–H and O–H groups in total. The van der Waals surface area contributed by atoms with Gasteiger partial charge in [-0.1, -0.05) is 308 Å². The zero-order valence-corrected chi connectivity index (χ0v) is 37.7. The molecule has 0 aromatic heterocycles. The van der Waals surface area contributed by atoms with Crippen molar-refractivity contribution in [3.8, 4) is 0 Å². The summed E-state index contributed by atoms with van der Waals surface area (Å²) in [6.07, 6.45) is 71.6. The molecule has 0 unspecified atom stereocenters. The lowest BCUT2D eigenvalue weighted by Gasteiger charge is -2.05. The third-order valence-electron chi connectivity index (χ3n) is 12.6. The van der Waals surface area contributed by atoms with Gasteiger partial charge in [0, 0.05) is 13.2 Å². The van der Waals surface area contributed by atoms with E-state index in [-0.39, 0.29) is 0 Å². The summed E-state index contributed by atoms with van der Waals surface area (Å²) < 4.78 is 0. The van der Waals surface area contributed by atoms with Gasteiger partial charge in [-0.3, -0.25) is 0 Å². The van der Waals surface area contributed by atoms with Crippen LogP contribution in [0.1, 0.15) is 321 Å². The van der Waals surface area contributed by atoms with Crippen LogP contribution in [0.4, 0.5) is 0 Å². The van der Waals surface area contributed by atoms with Gasteiger partial charge < -0.3 is 10.2 Å². The molecule has 0 atom stereocenters. The minimum absolute atomic E-state index is 0.373. The van der Waals surface area contributed by atoms with Crippen LogP contribution >= 0.6 is 0 Å². The van der Waals surface area contributed by atoms with Crippen LogP contribution in [-0.2, 0) is 0 Å². The molecule has 2 nitrogen and oxygen atoms in total. The molecule has 0 radical (unpaired) electrons. The third kappa shape index (κ3) is 51.9. The van der Waals surface area contributed by atoms with Crippen molar-refractivity contribution in [2.75, 3.05) is 13.2 Å². The van der Waals surface area contributed by atoms with Crippen molar-refractivity contribution in [3.05, 3.63) is 0 Å². The van der Waals surface area contributed by atoms with Gasteiger partial charge in [0.1, 0.15) is 0 Å². The van der Waals surface area contributed by atoms with Crippen LogP contribution in [-0.4, -0.2) is 23.4 Å². The zero-order valence-electron chi connectivity index (χ0n) is 37.7. The largest absolute Gasteiger partial charge is 0.396 e. The highest BCUT2D eigenvalue weighted by molar-refractivity contribution is 4.55. The average molecular weight is 763 g/mol. The second-order valence-corrected chi connectivity index (χ2v) is 18.1. The molecule has 326 valence electrons. The number of unbranched alkanes of at least 4 members (excludes halogenated alkanes) is 49. The Labute approximate surface area is 343 Å². The number of hydrogen-bond acceptors (Lipinski definition) is 2. The summed E-state index contributed by atoms with van der Waals surface area (Å²) in [6, 6.07) is 0. The molecule has 0 rings (SSSR count). The minimum Gasteiger partial charge on any atom is -0.396 e. The molecule has 0 aliphatic rings. The molecule has 0 saturated carbocycles. The Morgan fingerprint density at radius 2 is 0.148 bits per heavy atom. The van der Waals surface area contributed by atoms with Gasteiger partial charge >= 0.3 is 0 Å². The molecule has 0 aromatic rings. The van der Waals surface area contributed by atoms with Crippen LogP contribution < -0.4 is 0 Å². The Hall–Kier alpha value is -0.0800. The van der Waals surface area contributed by atoms with Gasteiger partial charge in [-0.05, 0) is 12.8 Å². The number of rotatable bonds is 51. The molecule has 0 spiro atoms. The van der Waals surface area contributed by atoms with E-state index in [9.17, 15) is 0 Å². The van der Waals surface area contributed by atoms with Gasteiger partial charge in [-0.15, -0.1) is 0 Å². The fraction of sp³-hybridized carbons (Fsp3) is 1.00. The maximum atomic E-state index is 8.82. The van der Waals surface area contributed by atoms with Crippen molar-refractivity contribution < 1.29 is 10.2 Å². The lowest BCUT2D eigenvalue weighted by Crippen LogP contribution is -1.85. The van der Waals surface area contributed by atoms with Crippen LogP contribution in [0.2, 0.25) is 0 Å². The van der Waals surface area contributed by atoms with E-state index in [2.05, 4.69) is 0 Å². The predicted octanol–water partition coefficient (Wildman–Crippen LogP) is 18.5. The standard InChI is InChI=1S/C52H106O2/c53-51-49-47-45-43-41-39-37-35-33-31-29-27-25-23-21-19-17-15-13-11-9-7-5-3-1-2-4-6-8-10-12-14-16-18-20-22-24-26-28-30-32-34-36-38-40-42-44-46-48-50-52-54/h53-54H,1-52H2. The van der Waals surface area contributed by atoms with Gasteiger partial charge in [-0.2, -0.15) is 0 Å². The Morgan fingerprint density at radius 3 is 0.204 bits per heavy atom. The van der Waals surface area contributed by atoms with Gasteiger partial charge in [0.05, 0.1) is 0 Å². The van der Waals surface area contributed by atoms with Crippen LogP contribution in [0.3, 0.4) is 0 Å². The van der Waals surface area contributed by atoms with E-state index in [1.807, 2.05) is 0 Å². The zero-order chi connectivity index (χ0) is 38.8. The van der Waals surface area contributed by atoms with Gasteiger partial charge in [0.15, 0.2) is 0 Å². The number of aliphatic hydroxyl groups is 2. The number of hydrogen-bond donors (Lipinski definition) is 2. The molecule has 0 amide bonds. The van der Waals surface area contributed by atoms with Crippen LogP contribution in [0.15, 0.2) is 0 Å². The van der Waals surface area contributed by atoms with Crippen molar-refractivity contribution in [3.63, 3.8) is 0 Å². The highest BCUT2D eigenvalue weighted by atomic mass is 16.3. The molecule has 0 aliphatic heterocycles. The Morgan fingerprint density at radius 1 is 0.0926 bits per heavy atom. The van der Waals surface area contributed by atoms with Crippen LogP contribution in [0.5, 0.6) is 0 Å². The Kier molecular flexibility index (Phi) is 52.8. The van der Waals surface area contributed by atoms with E-state index in [1.165, 1.54) is 308 Å². The van der Waals surface area contributed by atoms with E-state index in [4.69, 9.17) is 10.2 Å². The Balaban J connectivity index is 3.05. The van der Waals surface area contributed by atoms with Crippen molar-refractivity contribution in [2.24, 2.45) is 0 Å². The summed E-state index contributed by atoms with van der Waals surface area (Å²) in [5, 5.41) is 17.6. The van der Waals surface area contributed by atoms with E-state index < -0.39 is 0 Å². The molecular formula is C52H106O2. The topological polar surface area (TPSA) is 40.5 Å². The highest BCUT2D eigenvalue weighted by Gasteiger charge is 1.99. The molecule has 0 fully saturated rings. The fourth-order valence-electron chi connectivity index (χ4n) is 8.71. The highest BCUT2D eigenvalue weighted by Crippen LogP contribution is 2.18. The first-order valence-corrected chi connectivity index (χ1v) is 26.1. The first kappa shape index (κ1) is 53.9. The summed E-state index contributed by atoms with van der Waals surface area (Å²) in [4.78, 5) is 0. The summed E-state index contributed by atoms with van der Waals surface area (Å²) in [6.45, 7) is 0.747. The lowest BCUT2D eigenvalue weighted by atomic mass is 10.0. The van der Waals surface area contributed by atoms with E-state index in [0.29, 0.717) is 13.2 Å². The van der Waals surface area contributed by atoms with Gasteiger partial charge in [0.2, 0.25) is 0 Å². The van der Waals surface area contributed by atoms with Crippen LogP contribution in [0.25, 0.3) is 0 Å². The molecular weight excluding hydrogens is 657 g/mol. The second kappa shape index (κ2) is 52.9. The number of aliphatic hydroxyl groups excluding tert-OH is 2. The van der Waals surface area contributed by atoms with Crippen molar-refractivity contribution in [1.82, 2.24) is 0 Å². The monoisotopic (exact) mass is 763 g/mol. The molecule has 54 heavy (non-hydrogen) atoms. The van der Waals surface area contributed by atoms with Gasteiger partial charge in [0.25, 0.3) is 0 Å². The molecule has 2 heteroatoms. The van der Waals surface area contributed by atoms with E-state index in [1.54, 1.807) is 0 Å². The molecule has 0 bridgehead atoms. The maximum absolute atomic E-state index is 8.82. The quantitative estimate of drug-likeness (QED) is 0.0606. The smallest absolute Gasteiger partial charge is 0.0431 e. The first-order valence-electron chi connectivity index (χ1n) is 26.1. The molecule has 0 saturated heterocycles. The predicted molar refractivity (Wildman–Crippen MR) is 245 cm³/mol. The third-order valence-corrected chi connectivity index (χ3v) is 12.6. The summed E-state index contributed by atoms with van der Waals surface area (Å²) in [5.41, 5.74) is 0. The van der Waals surface area contributed by atoms with Crippen molar-refractivity contribution in [2.45, 2.75) is 321 Å². The van der Waals surface area contributed by atoms with Crippen molar-refractivity contribution in [1.29, 1.82) is 0 Å². The van der Waals surface area contributed by atoms with Gasteiger partial charge in [-0.25, -0.2) is 0 Å². The second-order valence-electron chi connectivity index (χ2n) is 18.1. The molecule has 0 aliphatic carbocycles. The Bertz CT molecular complexity index is 553. The normalized spacial score (nSPS) is 11.7. The molecule has 0 aromatic carbocycles. The summed E-state index contributed by atoms with van der Waals surface area (Å²) >= 11 is 0. The SMILES string of the molecule is OCCCCCCCCCCCCCCCCCCCCCCCCCCCCCCCCCCCCCCCCCCCCCCCCCCCCO. The summed E-state index contributed by atoms with van der Waals surface area (Å²) in [7, 11) is 0.